The number of aromatic nitrogens is 1. The van der Waals surface area contributed by atoms with Gasteiger partial charge in [0.1, 0.15) is 11.9 Å². The van der Waals surface area contributed by atoms with Crippen LogP contribution in [0.15, 0.2) is 42.7 Å². The number of benzene rings is 1. The zero-order valence-electron chi connectivity index (χ0n) is 14.6. The van der Waals surface area contributed by atoms with Crippen LogP contribution in [0.25, 0.3) is 0 Å². The van der Waals surface area contributed by atoms with Crippen molar-refractivity contribution in [3.8, 4) is 17.2 Å². The Morgan fingerprint density at radius 2 is 2.12 bits per heavy atom. The Hall–Kier alpha value is -2.31. The van der Waals surface area contributed by atoms with Crippen LogP contribution in [-0.4, -0.2) is 48.1 Å². The zero-order chi connectivity index (χ0) is 17.4. The van der Waals surface area contributed by atoms with Crippen molar-refractivity contribution >= 4 is 0 Å². The highest BCUT2D eigenvalue weighted by Crippen LogP contribution is 2.38. The minimum absolute atomic E-state index is 0.0680. The summed E-state index contributed by atoms with van der Waals surface area (Å²) in [6.07, 6.45) is 5.59. The molecule has 0 radical (unpaired) electrons. The Morgan fingerprint density at radius 1 is 1.19 bits per heavy atom. The van der Waals surface area contributed by atoms with Crippen LogP contribution in [0.3, 0.4) is 0 Å². The number of likely N-dealkylation sites (tertiary alicyclic amines) is 1. The van der Waals surface area contributed by atoms with Crippen molar-refractivity contribution in [3.05, 3.63) is 48.3 Å². The maximum absolute atomic E-state index is 6.13. The highest BCUT2D eigenvalue weighted by Gasteiger charge is 2.48. The van der Waals surface area contributed by atoms with E-state index in [1.54, 1.807) is 12.4 Å². The molecule has 4 heterocycles. The van der Waals surface area contributed by atoms with E-state index in [-0.39, 0.29) is 11.7 Å². The van der Waals surface area contributed by atoms with Gasteiger partial charge in [-0.3, -0.25) is 9.88 Å². The van der Waals surface area contributed by atoms with Crippen molar-refractivity contribution in [2.75, 3.05) is 26.5 Å². The molecule has 2 aromatic rings. The minimum Gasteiger partial charge on any atom is -0.489 e. The van der Waals surface area contributed by atoms with E-state index >= 15 is 0 Å². The average Bonchev–Trinajstić information content (AvgIpc) is 3.09. The van der Waals surface area contributed by atoms with Crippen molar-refractivity contribution in [2.24, 2.45) is 0 Å². The summed E-state index contributed by atoms with van der Waals surface area (Å²) in [4.78, 5) is 6.53. The molecular formula is C20H22N2O4. The molecule has 1 spiro atoms. The summed E-state index contributed by atoms with van der Waals surface area (Å²) >= 11 is 0. The highest BCUT2D eigenvalue weighted by molar-refractivity contribution is 5.44. The molecule has 0 N–H and O–H groups in total. The SMILES string of the molecule is c1cncc(OC2CCOC3(C2)CN(Cc2ccc4c(c2)OCO4)C3)c1. The van der Waals surface area contributed by atoms with E-state index in [0.717, 1.165) is 56.3 Å². The lowest BCUT2D eigenvalue weighted by molar-refractivity contribution is -0.188. The molecule has 6 nitrogen and oxygen atoms in total. The molecule has 1 atom stereocenters. The smallest absolute Gasteiger partial charge is 0.231 e. The summed E-state index contributed by atoms with van der Waals surface area (Å²) in [5, 5.41) is 0. The quantitative estimate of drug-likeness (QED) is 0.841. The predicted molar refractivity (Wildman–Crippen MR) is 94.4 cm³/mol. The molecule has 3 aliphatic rings. The standard InChI is InChI=1S/C20H22N2O4/c1-2-17(10-21-6-1)26-16-5-7-25-20(9-16)12-22(13-20)11-15-3-4-18-19(8-15)24-14-23-18/h1-4,6,8,10,16H,5,7,9,11-14H2. The summed E-state index contributed by atoms with van der Waals surface area (Å²) in [5.74, 6) is 2.52. The summed E-state index contributed by atoms with van der Waals surface area (Å²) in [5.41, 5.74) is 1.17. The first kappa shape index (κ1) is 15.9. The lowest BCUT2D eigenvalue weighted by Crippen LogP contribution is -2.65. The Bertz CT molecular complexity index is 777. The van der Waals surface area contributed by atoms with Gasteiger partial charge < -0.3 is 18.9 Å². The molecule has 26 heavy (non-hydrogen) atoms. The zero-order valence-corrected chi connectivity index (χ0v) is 14.6. The fraction of sp³-hybridized carbons (Fsp3) is 0.450. The van der Waals surface area contributed by atoms with Gasteiger partial charge in [-0.25, -0.2) is 0 Å². The van der Waals surface area contributed by atoms with Crippen LogP contribution < -0.4 is 14.2 Å². The molecular weight excluding hydrogens is 332 g/mol. The van der Waals surface area contributed by atoms with Crippen LogP contribution >= 0.6 is 0 Å². The van der Waals surface area contributed by atoms with Crippen LogP contribution in [-0.2, 0) is 11.3 Å². The Kier molecular flexibility index (Phi) is 3.94. The van der Waals surface area contributed by atoms with Crippen LogP contribution in [0, 0.1) is 0 Å². The first-order valence-electron chi connectivity index (χ1n) is 9.10. The predicted octanol–water partition coefficient (Wildman–Crippen LogP) is 2.62. The maximum Gasteiger partial charge on any atom is 0.231 e. The van der Waals surface area contributed by atoms with Gasteiger partial charge >= 0.3 is 0 Å². The lowest BCUT2D eigenvalue weighted by atomic mass is 9.84. The third kappa shape index (κ3) is 3.10. The van der Waals surface area contributed by atoms with Gasteiger partial charge in [0.05, 0.1) is 18.4 Å². The van der Waals surface area contributed by atoms with Gasteiger partial charge in [0.25, 0.3) is 0 Å². The molecule has 0 saturated carbocycles. The molecule has 2 fully saturated rings. The second-order valence-electron chi connectivity index (χ2n) is 7.29. The largest absolute Gasteiger partial charge is 0.489 e. The molecule has 5 rings (SSSR count). The molecule has 1 aromatic carbocycles. The molecule has 0 bridgehead atoms. The fourth-order valence-corrected chi connectivity index (χ4v) is 4.09. The van der Waals surface area contributed by atoms with E-state index in [0.29, 0.717) is 6.79 Å². The number of rotatable bonds is 4. The Morgan fingerprint density at radius 3 is 3.00 bits per heavy atom. The van der Waals surface area contributed by atoms with Gasteiger partial charge in [-0.15, -0.1) is 0 Å². The maximum atomic E-state index is 6.13. The Labute approximate surface area is 152 Å². The highest BCUT2D eigenvalue weighted by atomic mass is 16.7. The van der Waals surface area contributed by atoms with E-state index in [1.165, 1.54) is 5.56 Å². The topological polar surface area (TPSA) is 53.1 Å². The van der Waals surface area contributed by atoms with E-state index in [4.69, 9.17) is 18.9 Å². The number of ether oxygens (including phenoxy) is 4. The fourth-order valence-electron chi connectivity index (χ4n) is 4.09. The van der Waals surface area contributed by atoms with Gasteiger partial charge in [0.15, 0.2) is 11.5 Å². The third-order valence-corrected chi connectivity index (χ3v) is 5.25. The number of hydrogen-bond acceptors (Lipinski definition) is 6. The minimum atomic E-state index is -0.0680. The number of pyridine rings is 1. The van der Waals surface area contributed by atoms with E-state index in [2.05, 4.69) is 22.0 Å². The average molecular weight is 354 g/mol. The van der Waals surface area contributed by atoms with Gasteiger partial charge in [-0.2, -0.15) is 0 Å². The molecule has 136 valence electrons. The number of fused-ring (bicyclic) bond motifs is 1. The third-order valence-electron chi connectivity index (χ3n) is 5.25. The van der Waals surface area contributed by atoms with Gasteiger partial charge in [0.2, 0.25) is 6.79 Å². The number of nitrogens with zero attached hydrogens (tertiary/aromatic N) is 2. The van der Waals surface area contributed by atoms with Crippen molar-refractivity contribution in [1.82, 2.24) is 9.88 Å². The molecule has 0 amide bonds. The van der Waals surface area contributed by atoms with Gasteiger partial charge in [0, 0.05) is 38.7 Å². The van der Waals surface area contributed by atoms with E-state index < -0.39 is 0 Å². The summed E-state index contributed by atoms with van der Waals surface area (Å²) in [6.45, 7) is 3.85. The first-order valence-corrected chi connectivity index (χ1v) is 9.10. The van der Waals surface area contributed by atoms with E-state index in [9.17, 15) is 0 Å². The van der Waals surface area contributed by atoms with Crippen molar-refractivity contribution < 1.29 is 18.9 Å². The van der Waals surface area contributed by atoms with Crippen molar-refractivity contribution in [3.63, 3.8) is 0 Å². The molecule has 1 unspecified atom stereocenters. The van der Waals surface area contributed by atoms with Gasteiger partial charge in [-0.05, 0) is 29.8 Å². The molecule has 1 aromatic heterocycles. The van der Waals surface area contributed by atoms with Gasteiger partial charge in [-0.1, -0.05) is 6.07 Å². The van der Waals surface area contributed by atoms with Crippen LogP contribution in [0.4, 0.5) is 0 Å². The second-order valence-corrected chi connectivity index (χ2v) is 7.29. The first-order chi connectivity index (χ1) is 12.8. The summed E-state index contributed by atoms with van der Waals surface area (Å²) in [7, 11) is 0. The summed E-state index contributed by atoms with van der Waals surface area (Å²) in [6, 6.07) is 10.0. The Balaban J connectivity index is 1.17. The van der Waals surface area contributed by atoms with Crippen molar-refractivity contribution in [2.45, 2.75) is 31.1 Å². The number of hydrogen-bond donors (Lipinski definition) is 0. The monoisotopic (exact) mass is 354 g/mol. The van der Waals surface area contributed by atoms with E-state index in [1.807, 2.05) is 18.2 Å². The molecule has 2 saturated heterocycles. The van der Waals surface area contributed by atoms with Crippen molar-refractivity contribution in [1.29, 1.82) is 0 Å². The van der Waals surface area contributed by atoms with Crippen LogP contribution in [0.2, 0.25) is 0 Å². The lowest BCUT2D eigenvalue weighted by Gasteiger charge is -2.53. The normalized spacial score (nSPS) is 23.6. The molecule has 3 aliphatic heterocycles. The van der Waals surface area contributed by atoms with Crippen LogP contribution in [0.5, 0.6) is 17.2 Å². The molecule has 0 aliphatic carbocycles. The molecule has 6 heteroatoms. The summed E-state index contributed by atoms with van der Waals surface area (Å²) < 4.78 is 23.1. The van der Waals surface area contributed by atoms with Crippen LogP contribution in [0.1, 0.15) is 18.4 Å². The second kappa shape index (κ2) is 6.45.